The quantitative estimate of drug-likeness (QED) is 0.116. The van der Waals surface area contributed by atoms with Crippen molar-refractivity contribution in [3.05, 3.63) is 137 Å². The minimum atomic E-state index is -5.07. The summed E-state index contributed by atoms with van der Waals surface area (Å²) in [5.41, 5.74) is 3.16. The minimum Gasteiger partial charge on any atom is -0.497 e. The predicted molar refractivity (Wildman–Crippen MR) is 200 cm³/mol. The highest BCUT2D eigenvalue weighted by molar-refractivity contribution is 7.89. The molecular weight excluding hydrogens is 732 g/mol. The molecule has 6 aromatic rings. The van der Waals surface area contributed by atoms with Crippen molar-refractivity contribution in [3.63, 3.8) is 0 Å². The van der Waals surface area contributed by atoms with Gasteiger partial charge in [-0.05, 0) is 111 Å². The number of halogens is 3. The van der Waals surface area contributed by atoms with Crippen LogP contribution in [0.1, 0.15) is 39.8 Å². The molecule has 0 atom stereocenters. The van der Waals surface area contributed by atoms with E-state index in [1.54, 1.807) is 79.9 Å². The zero-order chi connectivity index (χ0) is 38.7. The molecule has 0 unspecified atom stereocenters. The molecule has 55 heavy (non-hydrogen) atoms. The van der Waals surface area contributed by atoms with Crippen molar-refractivity contribution in [1.29, 1.82) is 0 Å². The van der Waals surface area contributed by atoms with Crippen molar-refractivity contribution in [1.82, 2.24) is 24.5 Å². The maximum absolute atomic E-state index is 15.4. The van der Waals surface area contributed by atoms with Gasteiger partial charge < -0.3 is 14.2 Å². The molecule has 7 rings (SSSR count). The molecule has 10 nitrogen and oxygen atoms in total. The van der Waals surface area contributed by atoms with Crippen LogP contribution in [-0.2, 0) is 48.7 Å². The number of nitrogens with zero attached hydrogens (tertiary/aromatic N) is 5. The van der Waals surface area contributed by atoms with E-state index in [1.165, 1.54) is 25.0 Å². The molecule has 0 aliphatic heterocycles. The van der Waals surface area contributed by atoms with Crippen LogP contribution in [0.5, 0.6) is 17.2 Å². The summed E-state index contributed by atoms with van der Waals surface area (Å²) in [4.78, 5) is -0.930. The molecule has 0 saturated heterocycles. The molecule has 0 radical (unpaired) electrons. The van der Waals surface area contributed by atoms with E-state index in [9.17, 15) is 0 Å². The third-order valence-corrected chi connectivity index (χ3v) is 11.7. The molecule has 1 heterocycles. The lowest BCUT2D eigenvalue weighted by Gasteiger charge is -2.27. The van der Waals surface area contributed by atoms with E-state index in [1.807, 2.05) is 18.2 Å². The van der Waals surface area contributed by atoms with Gasteiger partial charge in [0.15, 0.2) is 5.82 Å². The Hall–Kier alpha value is -5.73. The van der Waals surface area contributed by atoms with Gasteiger partial charge in [0.1, 0.15) is 22.1 Å². The highest BCUT2D eigenvalue weighted by atomic mass is 32.2. The van der Waals surface area contributed by atoms with Gasteiger partial charge >= 0.3 is 6.18 Å². The van der Waals surface area contributed by atoms with Crippen LogP contribution in [0.2, 0.25) is 0 Å². The van der Waals surface area contributed by atoms with Crippen molar-refractivity contribution in [2.75, 3.05) is 21.3 Å². The van der Waals surface area contributed by atoms with Gasteiger partial charge in [0.05, 0.1) is 33.4 Å². The maximum atomic E-state index is 15.4. The first-order valence-electron chi connectivity index (χ1n) is 17.5. The number of aryl methyl sites for hydroxylation is 1. The van der Waals surface area contributed by atoms with Gasteiger partial charge in [-0.3, -0.25) is 0 Å². The monoisotopic (exact) mass is 769 g/mol. The van der Waals surface area contributed by atoms with Crippen molar-refractivity contribution in [2.45, 2.75) is 50.0 Å². The molecular formula is C41H38F3N5O5S. The van der Waals surface area contributed by atoms with E-state index < -0.39 is 26.7 Å². The second-order valence-corrected chi connectivity index (χ2v) is 15.0. The zero-order valence-corrected chi connectivity index (χ0v) is 31.2. The summed E-state index contributed by atoms with van der Waals surface area (Å²) in [5.74, 6) is 1.57. The van der Waals surface area contributed by atoms with Gasteiger partial charge in [-0.25, -0.2) is 13.1 Å². The Kier molecular flexibility index (Phi) is 10.6. The number of alkyl halides is 3. The number of rotatable bonds is 13. The summed E-state index contributed by atoms with van der Waals surface area (Å²) >= 11 is 0. The molecule has 14 heteroatoms. The van der Waals surface area contributed by atoms with Gasteiger partial charge in [-0.15, -0.1) is 5.10 Å². The first-order chi connectivity index (χ1) is 26.5. The van der Waals surface area contributed by atoms with Crippen LogP contribution in [0, 0.1) is 0 Å². The summed E-state index contributed by atoms with van der Waals surface area (Å²) < 4.78 is 95.2. The lowest BCUT2D eigenvalue weighted by molar-refractivity contribution is -0.139. The van der Waals surface area contributed by atoms with Gasteiger partial charge in [0.25, 0.3) is 0 Å². The molecule has 5 aromatic carbocycles. The van der Waals surface area contributed by atoms with Crippen LogP contribution in [0.3, 0.4) is 0 Å². The van der Waals surface area contributed by atoms with E-state index >= 15 is 21.6 Å². The Morgan fingerprint density at radius 3 is 1.82 bits per heavy atom. The Morgan fingerprint density at radius 2 is 1.27 bits per heavy atom. The molecule has 0 fully saturated rings. The number of ether oxygens (including phenoxy) is 3. The van der Waals surface area contributed by atoms with Crippen molar-refractivity contribution < 1.29 is 35.8 Å². The molecule has 0 saturated carbocycles. The largest absolute Gasteiger partial charge is 0.497 e. The summed E-state index contributed by atoms with van der Waals surface area (Å²) in [7, 11) is -0.463. The normalized spacial score (nSPS) is 12.9. The van der Waals surface area contributed by atoms with Gasteiger partial charge in [0.2, 0.25) is 10.0 Å². The minimum absolute atomic E-state index is 0.0375. The molecule has 284 valence electrons. The third kappa shape index (κ3) is 7.78. The van der Waals surface area contributed by atoms with Crippen LogP contribution in [0.15, 0.2) is 108 Å². The molecule has 1 aliphatic carbocycles. The number of methoxy groups -OCH3 is 3. The van der Waals surface area contributed by atoms with Gasteiger partial charge in [-0.2, -0.15) is 17.5 Å². The number of benzene rings is 5. The van der Waals surface area contributed by atoms with Crippen molar-refractivity contribution in [3.8, 4) is 39.8 Å². The highest BCUT2D eigenvalue weighted by Crippen LogP contribution is 2.47. The van der Waals surface area contributed by atoms with Crippen LogP contribution in [-0.4, -0.2) is 54.3 Å². The molecule has 0 N–H and O–H groups in total. The van der Waals surface area contributed by atoms with Crippen LogP contribution < -0.4 is 14.2 Å². The fourth-order valence-electron chi connectivity index (χ4n) is 7.01. The summed E-state index contributed by atoms with van der Waals surface area (Å²) in [5, 5.41) is 12.3. The highest BCUT2D eigenvalue weighted by Gasteiger charge is 2.43. The van der Waals surface area contributed by atoms with E-state index in [2.05, 4.69) is 15.5 Å². The smallest absolute Gasteiger partial charge is 0.417 e. The van der Waals surface area contributed by atoms with E-state index in [-0.39, 0.29) is 36.6 Å². The van der Waals surface area contributed by atoms with Crippen molar-refractivity contribution in [2.24, 2.45) is 0 Å². The molecule has 1 aromatic heterocycles. The number of tetrazole rings is 1. The third-order valence-electron chi connectivity index (χ3n) is 9.78. The number of hydrogen-bond donors (Lipinski definition) is 0. The molecule has 0 bridgehead atoms. The predicted octanol–water partition coefficient (Wildman–Crippen LogP) is 7.98. The Morgan fingerprint density at radius 1 is 0.709 bits per heavy atom. The Labute approximate surface area is 317 Å². The lowest BCUT2D eigenvalue weighted by Crippen LogP contribution is -2.32. The number of fused-ring (bicyclic) bond motifs is 1. The van der Waals surface area contributed by atoms with E-state index in [4.69, 9.17) is 14.2 Å². The molecule has 0 amide bonds. The van der Waals surface area contributed by atoms with Gasteiger partial charge in [-0.1, -0.05) is 60.7 Å². The van der Waals surface area contributed by atoms with Gasteiger partial charge in [0, 0.05) is 18.7 Å². The fourth-order valence-corrected chi connectivity index (χ4v) is 8.83. The Bertz CT molecular complexity index is 2350. The second kappa shape index (κ2) is 15.6. The topological polar surface area (TPSA) is 109 Å². The number of aromatic nitrogens is 4. The zero-order valence-electron chi connectivity index (χ0n) is 30.4. The van der Waals surface area contributed by atoms with Crippen LogP contribution in [0.25, 0.3) is 22.5 Å². The lowest BCUT2D eigenvalue weighted by atomic mass is 9.91. The second-order valence-electron chi connectivity index (χ2n) is 13.1. The van der Waals surface area contributed by atoms with E-state index in [0.717, 1.165) is 34.3 Å². The maximum Gasteiger partial charge on any atom is 0.417 e. The molecule has 1 aliphatic rings. The van der Waals surface area contributed by atoms with E-state index in [0.29, 0.717) is 45.9 Å². The average Bonchev–Trinajstić information content (AvgIpc) is 3.87. The summed E-state index contributed by atoms with van der Waals surface area (Å²) in [6, 6.07) is 28.3. The van der Waals surface area contributed by atoms with Crippen molar-refractivity contribution >= 4 is 10.0 Å². The number of hydrogen-bond acceptors (Lipinski definition) is 8. The standard InChI is InChI=1S/C41H38F3N5O5S/c1-52-31-16-10-27(11-17-31)24-48(25-28-12-18-32(53-2)19-13-28)55(50,51)39-37(41(42,43)44)23-22-36(35-9-5-7-30-6-4-8-34(30)35)38(39)40-45-46-47-49(40)26-29-14-20-33(54-3)21-15-29/h5,7,9-23H,4,6,8,24-26H2,1-3H3. The summed E-state index contributed by atoms with van der Waals surface area (Å²) in [6.45, 7) is -0.469. The fraction of sp³-hybridized carbons (Fsp3) is 0.244. The molecule has 0 spiro atoms. The first-order valence-corrected chi connectivity index (χ1v) is 18.9. The average molecular weight is 770 g/mol. The number of sulfonamides is 1. The summed E-state index contributed by atoms with van der Waals surface area (Å²) in [6.07, 6.45) is -2.72. The SMILES string of the molecule is COc1ccc(CN(Cc2ccc(OC)cc2)S(=O)(=O)c2c(C(F)(F)F)ccc(-c3cccc4c3CCC4)c2-c2nnnn2Cc2ccc(OC)cc2)cc1. The Balaban J connectivity index is 1.48. The first kappa shape index (κ1) is 37.6. The van der Waals surface area contributed by atoms with Crippen LogP contribution >= 0.6 is 0 Å². The van der Waals surface area contributed by atoms with Crippen LogP contribution in [0.4, 0.5) is 13.2 Å².